The van der Waals surface area contributed by atoms with Crippen LogP contribution in [0.1, 0.15) is 5.56 Å². The molecule has 1 heteroatoms. The summed E-state index contributed by atoms with van der Waals surface area (Å²) in [5.74, 6) is 0. The van der Waals surface area contributed by atoms with Gasteiger partial charge in [0.15, 0.2) is 0 Å². The number of aliphatic hydroxyl groups is 1. The highest BCUT2D eigenvalue weighted by molar-refractivity contribution is 5.87. The smallest absolute Gasteiger partial charge is 0.0682 e. The average Bonchev–Trinajstić information content (AvgIpc) is 2.47. The summed E-state index contributed by atoms with van der Waals surface area (Å²) in [7, 11) is 0. The van der Waals surface area contributed by atoms with Gasteiger partial charge in [0.25, 0.3) is 0 Å². The van der Waals surface area contributed by atoms with Crippen LogP contribution in [0.15, 0.2) is 66.7 Å². The molecule has 1 nitrogen and oxygen atoms in total. The molecule has 0 radical (unpaired) electrons. The predicted octanol–water partition coefficient (Wildman–Crippen LogP) is 4.00. The van der Waals surface area contributed by atoms with Crippen molar-refractivity contribution < 1.29 is 5.11 Å². The number of fused-ring (bicyclic) bond motifs is 1. The minimum absolute atomic E-state index is 0.0936. The molecule has 0 fully saturated rings. The van der Waals surface area contributed by atoms with Gasteiger partial charge in [-0.1, -0.05) is 54.6 Å². The van der Waals surface area contributed by atoms with Gasteiger partial charge >= 0.3 is 0 Å². The summed E-state index contributed by atoms with van der Waals surface area (Å²) in [5.41, 5.74) is 3.40. The van der Waals surface area contributed by atoms with Crippen molar-refractivity contribution in [3.05, 3.63) is 72.3 Å². The molecule has 3 aromatic rings. The van der Waals surface area contributed by atoms with Crippen molar-refractivity contribution in [1.29, 1.82) is 0 Å². The minimum Gasteiger partial charge on any atom is -0.392 e. The van der Waals surface area contributed by atoms with Gasteiger partial charge in [0.05, 0.1) is 6.61 Å². The molecule has 0 saturated heterocycles. The zero-order chi connectivity index (χ0) is 12.4. The van der Waals surface area contributed by atoms with Crippen LogP contribution in [0, 0.1) is 0 Å². The first-order valence-corrected chi connectivity index (χ1v) is 6.06. The average molecular weight is 234 g/mol. The quantitative estimate of drug-likeness (QED) is 0.710. The standard InChI is InChI=1S/C17H14O/c18-12-13-6-7-17-11-16(9-8-15(17)10-13)14-4-2-1-3-5-14/h1-11,18H,12H2. The van der Waals surface area contributed by atoms with Crippen LogP contribution in [-0.2, 0) is 6.61 Å². The zero-order valence-corrected chi connectivity index (χ0v) is 10.0. The summed E-state index contributed by atoms with van der Waals surface area (Å²) in [6.07, 6.45) is 0. The van der Waals surface area contributed by atoms with E-state index in [4.69, 9.17) is 5.11 Å². The van der Waals surface area contributed by atoms with Crippen molar-refractivity contribution in [2.45, 2.75) is 6.61 Å². The normalized spacial score (nSPS) is 10.7. The fourth-order valence-corrected chi connectivity index (χ4v) is 2.20. The molecule has 0 aliphatic rings. The molecule has 0 amide bonds. The largest absolute Gasteiger partial charge is 0.392 e. The second-order valence-corrected chi connectivity index (χ2v) is 4.42. The van der Waals surface area contributed by atoms with E-state index in [0.717, 1.165) is 5.56 Å². The number of hydrogen-bond donors (Lipinski definition) is 1. The van der Waals surface area contributed by atoms with E-state index in [2.05, 4.69) is 36.4 Å². The maximum atomic E-state index is 9.13. The van der Waals surface area contributed by atoms with Crippen LogP contribution in [-0.4, -0.2) is 5.11 Å². The molecule has 18 heavy (non-hydrogen) atoms. The van der Waals surface area contributed by atoms with Gasteiger partial charge in [0.2, 0.25) is 0 Å². The summed E-state index contributed by atoms with van der Waals surface area (Å²) < 4.78 is 0. The van der Waals surface area contributed by atoms with E-state index >= 15 is 0 Å². The van der Waals surface area contributed by atoms with Crippen LogP contribution in [0.25, 0.3) is 21.9 Å². The molecule has 0 aliphatic heterocycles. The van der Waals surface area contributed by atoms with Gasteiger partial charge in [0, 0.05) is 0 Å². The van der Waals surface area contributed by atoms with Crippen molar-refractivity contribution in [1.82, 2.24) is 0 Å². The summed E-state index contributed by atoms with van der Waals surface area (Å²) in [6.45, 7) is 0.0936. The van der Waals surface area contributed by atoms with E-state index in [0.29, 0.717) is 0 Å². The Labute approximate surface area is 106 Å². The van der Waals surface area contributed by atoms with E-state index in [1.165, 1.54) is 21.9 Å². The molecule has 3 aromatic carbocycles. The Bertz CT molecular complexity index is 672. The van der Waals surface area contributed by atoms with Gasteiger partial charge in [-0.25, -0.2) is 0 Å². The summed E-state index contributed by atoms with van der Waals surface area (Å²) in [5, 5.41) is 11.5. The molecule has 88 valence electrons. The molecule has 0 aromatic heterocycles. The molecule has 0 atom stereocenters. The predicted molar refractivity (Wildman–Crippen MR) is 75.3 cm³/mol. The van der Waals surface area contributed by atoms with E-state index in [9.17, 15) is 0 Å². The van der Waals surface area contributed by atoms with Crippen LogP contribution in [0.2, 0.25) is 0 Å². The Balaban J connectivity index is 2.12. The topological polar surface area (TPSA) is 20.2 Å². The Kier molecular flexibility index (Phi) is 2.83. The molecule has 0 saturated carbocycles. The lowest BCUT2D eigenvalue weighted by molar-refractivity contribution is 0.282. The first-order valence-electron chi connectivity index (χ1n) is 6.06. The van der Waals surface area contributed by atoms with E-state index < -0.39 is 0 Å². The van der Waals surface area contributed by atoms with Crippen molar-refractivity contribution in [2.75, 3.05) is 0 Å². The SMILES string of the molecule is OCc1ccc2cc(-c3ccccc3)ccc2c1. The molecule has 3 rings (SSSR count). The maximum Gasteiger partial charge on any atom is 0.0682 e. The molecule has 0 spiro atoms. The molecule has 0 heterocycles. The van der Waals surface area contributed by atoms with Crippen LogP contribution in [0.5, 0.6) is 0 Å². The van der Waals surface area contributed by atoms with Gasteiger partial charge in [0.1, 0.15) is 0 Å². The fourth-order valence-electron chi connectivity index (χ4n) is 2.20. The first-order chi connectivity index (χ1) is 8.86. The molecule has 0 unspecified atom stereocenters. The summed E-state index contributed by atoms with van der Waals surface area (Å²) in [6, 6.07) is 22.8. The van der Waals surface area contributed by atoms with Gasteiger partial charge in [-0.3, -0.25) is 0 Å². The molecular formula is C17H14O. The lowest BCUT2D eigenvalue weighted by atomic mass is 10.0. The second kappa shape index (κ2) is 4.63. The van der Waals surface area contributed by atoms with Gasteiger partial charge in [-0.2, -0.15) is 0 Å². The number of hydrogen-bond acceptors (Lipinski definition) is 1. The third kappa shape index (κ3) is 2.01. The first kappa shape index (κ1) is 11.0. The van der Waals surface area contributed by atoms with Crippen molar-refractivity contribution in [3.8, 4) is 11.1 Å². The van der Waals surface area contributed by atoms with Gasteiger partial charge in [-0.15, -0.1) is 0 Å². The van der Waals surface area contributed by atoms with Gasteiger partial charge in [-0.05, 0) is 39.6 Å². The highest BCUT2D eigenvalue weighted by Gasteiger charge is 2.00. The third-order valence-corrected chi connectivity index (χ3v) is 3.19. The molecular weight excluding hydrogens is 220 g/mol. The monoisotopic (exact) mass is 234 g/mol. The molecule has 0 bridgehead atoms. The zero-order valence-electron chi connectivity index (χ0n) is 10.0. The Morgan fingerprint density at radius 3 is 2.17 bits per heavy atom. The Morgan fingerprint density at radius 2 is 1.39 bits per heavy atom. The van der Waals surface area contributed by atoms with Crippen LogP contribution in [0.3, 0.4) is 0 Å². The second-order valence-electron chi connectivity index (χ2n) is 4.42. The van der Waals surface area contributed by atoms with Crippen LogP contribution in [0.4, 0.5) is 0 Å². The van der Waals surface area contributed by atoms with Gasteiger partial charge < -0.3 is 5.11 Å². The van der Waals surface area contributed by atoms with Crippen LogP contribution < -0.4 is 0 Å². The molecule has 0 aliphatic carbocycles. The van der Waals surface area contributed by atoms with E-state index in [-0.39, 0.29) is 6.61 Å². The third-order valence-electron chi connectivity index (χ3n) is 3.19. The Hall–Kier alpha value is -2.12. The number of benzene rings is 3. The maximum absolute atomic E-state index is 9.13. The van der Waals surface area contributed by atoms with Crippen molar-refractivity contribution in [3.63, 3.8) is 0 Å². The summed E-state index contributed by atoms with van der Waals surface area (Å²) >= 11 is 0. The van der Waals surface area contributed by atoms with E-state index in [1.807, 2.05) is 30.3 Å². The van der Waals surface area contributed by atoms with Crippen LogP contribution >= 0.6 is 0 Å². The highest BCUT2D eigenvalue weighted by Crippen LogP contribution is 2.24. The number of aliphatic hydroxyl groups excluding tert-OH is 1. The van der Waals surface area contributed by atoms with Crippen molar-refractivity contribution >= 4 is 10.8 Å². The fraction of sp³-hybridized carbons (Fsp3) is 0.0588. The highest BCUT2D eigenvalue weighted by atomic mass is 16.3. The van der Waals surface area contributed by atoms with E-state index in [1.54, 1.807) is 0 Å². The lowest BCUT2D eigenvalue weighted by Gasteiger charge is -2.05. The van der Waals surface area contributed by atoms with Crippen molar-refractivity contribution in [2.24, 2.45) is 0 Å². The molecule has 1 N–H and O–H groups in total. The summed E-state index contributed by atoms with van der Waals surface area (Å²) in [4.78, 5) is 0. The minimum atomic E-state index is 0.0936. The Morgan fingerprint density at radius 1 is 0.667 bits per heavy atom. The number of rotatable bonds is 2. The lowest BCUT2D eigenvalue weighted by Crippen LogP contribution is -1.83.